The van der Waals surface area contributed by atoms with Crippen LogP contribution >= 0.6 is 0 Å². The zero-order valence-electron chi connectivity index (χ0n) is 13.9. The maximum atomic E-state index is 12.2. The van der Waals surface area contributed by atoms with Gasteiger partial charge in [-0.2, -0.15) is 4.98 Å². The predicted molar refractivity (Wildman–Crippen MR) is 87.8 cm³/mol. The number of anilines is 1. The third-order valence-corrected chi connectivity index (χ3v) is 5.35. The molecule has 0 amide bonds. The second-order valence-electron chi connectivity index (χ2n) is 6.86. The van der Waals surface area contributed by atoms with E-state index >= 15 is 0 Å². The highest BCUT2D eigenvalue weighted by Gasteiger charge is 2.33. The first-order chi connectivity index (χ1) is 11.1. The van der Waals surface area contributed by atoms with E-state index in [2.05, 4.69) is 22.2 Å². The lowest BCUT2D eigenvalue weighted by atomic mass is 9.85. The standard InChI is InChI=1S/C16H26N4O3/c1-10(11-6-4-3-5-7-11)17-14-18-15(21)20(16(22)19-14)12-8-13(9-12)23-2/h10-13H,3-9H2,1-2H3,(H2,17,18,19,21,22)/t10-,12?,13?/m0/s1. The molecule has 23 heavy (non-hydrogen) atoms. The molecule has 2 saturated carbocycles. The molecule has 1 heterocycles. The predicted octanol–water partition coefficient (Wildman–Crippen LogP) is 1.66. The van der Waals surface area contributed by atoms with Crippen molar-refractivity contribution in [3.05, 3.63) is 21.0 Å². The van der Waals surface area contributed by atoms with Crippen molar-refractivity contribution in [2.24, 2.45) is 5.92 Å². The largest absolute Gasteiger partial charge is 0.381 e. The monoisotopic (exact) mass is 322 g/mol. The number of aromatic nitrogens is 3. The summed E-state index contributed by atoms with van der Waals surface area (Å²) in [5.41, 5.74) is -0.866. The van der Waals surface area contributed by atoms with Crippen molar-refractivity contribution in [2.45, 2.75) is 70.1 Å². The summed E-state index contributed by atoms with van der Waals surface area (Å²) in [6.07, 6.45) is 7.70. The summed E-state index contributed by atoms with van der Waals surface area (Å²) < 4.78 is 6.42. The van der Waals surface area contributed by atoms with Gasteiger partial charge in [0.1, 0.15) is 0 Å². The second-order valence-corrected chi connectivity index (χ2v) is 6.86. The molecule has 2 aliphatic rings. The van der Waals surface area contributed by atoms with Crippen molar-refractivity contribution in [3.63, 3.8) is 0 Å². The number of hydrogen-bond acceptors (Lipinski definition) is 5. The topological polar surface area (TPSA) is 89.0 Å². The van der Waals surface area contributed by atoms with Crippen molar-refractivity contribution in [3.8, 4) is 0 Å². The van der Waals surface area contributed by atoms with E-state index in [0.717, 1.165) is 0 Å². The van der Waals surface area contributed by atoms with E-state index in [9.17, 15) is 9.59 Å². The quantitative estimate of drug-likeness (QED) is 0.860. The van der Waals surface area contributed by atoms with Crippen molar-refractivity contribution in [2.75, 3.05) is 12.4 Å². The van der Waals surface area contributed by atoms with Gasteiger partial charge in [0.2, 0.25) is 5.95 Å². The third kappa shape index (κ3) is 3.49. The molecule has 7 nitrogen and oxygen atoms in total. The van der Waals surface area contributed by atoms with E-state index in [1.807, 2.05) is 0 Å². The molecule has 0 bridgehead atoms. The Bertz CT molecular complexity index is 610. The van der Waals surface area contributed by atoms with E-state index in [1.54, 1.807) is 7.11 Å². The lowest BCUT2D eigenvalue weighted by Crippen LogP contribution is -2.46. The smallest absolute Gasteiger partial charge is 0.355 e. The molecular weight excluding hydrogens is 296 g/mol. The van der Waals surface area contributed by atoms with Crippen molar-refractivity contribution < 1.29 is 4.74 Å². The first-order valence-electron chi connectivity index (χ1n) is 8.60. The Morgan fingerprint density at radius 3 is 2.57 bits per heavy atom. The molecule has 0 radical (unpaired) electrons. The zero-order valence-corrected chi connectivity index (χ0v) is 13.9. The van der Waals surface area contributed by atoms with E-state index in [-0.39, 0.29) is 29.8 Å². The summed E-state index contributed by atoms with van der Waals surface area (Å²) in [6.45, 7) is 2.09. The van der Waals surface area contributed by atoms with Gasteiger partial charge in [0.25, 0.3) is 0 Å². The Labute approximate surface area is 135 Å². The Hall–Kier alpha value is -1.63. The second kappa shape index (κ2) is 6.86. The first kappa shape index (κ1) is 16.2. The van der Waals surface area contributed by atoms with Crippen LogP contribution in [0.15, 0.2) is 9.59 Å². The molecule has 128 valence electrons. The molecule has 0 unspecified atom stereocenters. The number of hydrogen-bond donors (Lipinski definition) is 2. The van der Waals surface area contributed by atoms with Gasteiger partial charge in [-0.1, -0.05) is 19.3 Å². The number of rotatable bonds is 5. The molecule has 2 aliphatic carbocycles. The molecule has 1 aromatic rings. The summed E-state index contributed by atoms with van der Waals surface area (Å²) in [5, 5.41) is 3.21. The van der Waals surface area contributed by atoms with E-state index < -0.39 is 5.69 Å². The number of methoxy groups -OCH3 is 1. The van der Waals surface area contributed by atoms with Crippen LogP contribution in [0.1, 0.15) is 57.9 Å². The fraction of sp³-hybridized carbons (Fsp3) is 0.812. The minimum Gasteiger partial charge on any atom is -0.381 e. The average Bonchev–Trinajstić information content (AvgIpc) is 2.49. The lowest BCUT2D eigenvalue weighted by Gasteiger charge is -2.34. The summed E-state index contributed by atoms with van der Waals surface area (Å²) in [6, 6.07) is 0.101. The summed E-state index contributed by atoms with van der Waals surface area (Å²) in [5.74, 6) is 0.863. The van der Waals surface area contributed by atoms with Gasteiger partial charge < -0.3 is 10.1 Å². The van der Waals surface area contributed by atoms with Gasteiger partial charge in [0.15, 0.2) is 0 Å². The van der Waals surface area contributed by atoms with Crippen molar-refractivity contribution >= 4 is 5.95 Å². The Kier molecular flexibility index (Phi) is 4.84. The van der Waals surface area contributed by atoms with Gasteiger partial charge in [-0.3, -0.25) is 4.98 Å². The van der Waals surface area contributed by atoms with Crippen LogP contribution in [0, 0.1) is 5.92 Å². The molecule has 1 atom stereocenters. The van der Waals surface area contributed by atoms with Gasteiger partial charge in [-0.05, 0) is 38.5 Å². The van der Waals surface area contributed by atoms with Gasteiger partial charge >= 0.3 is 11.4 Å². The highest BCUT2D eigenvalue weighted by molar-refractivity contribution is 5.23. The highest BCUT2D eigenvalue weighted by Crippen LogP contribution is 2.32. The molecule has 0 saturated heterocycles. The Morgan fingerprint density at radius 2 is 1.96 bits per heavy atom. The Morgan fingerprint density at radius 1 is 1.26 bits per heavy atom. The lowest BCUT2D eigenvalue weighted by molar-refractivity contribution is 0.00342. The van der Waals surface area contributed by atoms with Crippen LogP contribution in [0.3, 0.4) is 0 Å². The van der Waals surface area contributed by atoms with Crippen molar-refractivity contribution in [1.82, 2.24) is 14.5 Å². The third-order valence-electron chi connectivity index (χ3n) is 5.35. The normalized spacial score (nSPS) is 26.5. The summed E-state index contributed by atoms with van der Waals surface area (Å²) >= 11 is 0. The van der Waals surface area contributed by atoms with Crippen LogP contribution in [-0.2, 0) is 4.74 Å². The van der Waals surface area contributed by atoms with Crippen LogP contribution in [0.2, 0.25) is 0 Å². The van der Waals surface area contributed by atoms with Gasteiger partial charge in [-0.25, -0.2) is 14.2 Å². The molecule has 0 aromatic carbocycles. The Balaban J connectivity index is 1.70. The number of aromatic amines is 1. The highest BCUT2D eigenvalue weighted by atomic mass is 16.5. The fourth-order valence-electron chi connectivity index (χ4n) is 3.73. The van der Waals surface area contributed by atoms with Crippen LogP contribution in [0.5, 0.6) is 0 Å². The average molecular weight is 322 g/mol. The summed E-state index contributed by atoms with van der Waals surface area (Å²) in [7, 11) is 1.64. The van der Waals surface area contributed by atoms with Gasteiger partial charge in [-0.15, -0.1) is 0 Å². The van der Waals surface area contributed by atoms with Crippen molar-refractivity contribution in [1.29, 1.82) is 0 Å². The molecule has 0 spiro atoms. The number of nitrogens with one attached hydrogen (secondary N) is 2. The van der Waals surface area contributed by atoms with Crippen LogP contribution in [0.25, 0.3) is 0 Å². The van der Waals surface area contributed by atoms with Crippen LogP contribution < -0.4 is 16.7 Å². The zero-order chi connectivity index (χ0) is 16.4. The molecule has 2 fully saturated rings. The first-order valence-corrected chi connectivity index (χ1v) is 8.60. The number of H-pyrrole nitrogens is 1. The fourth-order valence-corrected chi connectivity index (χ4v) is 3.73. The molecule has 3 rings (SSSR count). The van der Waals surface area contributed by atoms with Crippen LogP contribution in [0.4, 0.5) is 5.95 Å². The molecular formula is C16H26N4O3. The van der Waals surface area contributed by atoms with Gasteiger partial charge in [0, 0.05) is 19.2 Å². The van der Waals surface area contributed by atoms with Gasteiger partial charge in [0.05, 0.1) is 6.10 Å². The molecule has 0 aliphatic heterocycles. The molecule has 7 heteroatoms. The minimum absolute atomic E-state index is 0.103. The number of nitrogens with zero attached hydrogens (tertiary/aromatic N) is 2. The van der Waals surface area contributed by atoms with E-state index in [1.165, 1.54) is 36.7 Å². The van der Waals surface area contributed by atoms with E-state index in [0.29, 0.717) is 18.8 Å². The SMILES string of the molecule is COC1CC(n2c(=O)nc(N[C@@H](C)C3CCCCC3)[nH]c2=O)C1. The molecule has 2 N–H and O–H groups in total. The molecule has 1 aromatic heterocycles. The number of ether oxygens (including phenoxy) is 1. The maximum Gasteiger partial charge on any atom is 0.355 e. The maximum absolute atomic E-state index is 12.2. The summed E-state index contributed by atoms with van der Waals surface area (Å²) in [4.78, 5) is 31.2. The van der Waals surface area contributed by atoms with Crippen LogP contribution in [-0.4, -0.2) is 33.8 Å². The minimum atomic E-state index is -0.480. The van der Waals surface area contributed by atoms with E-state index in [4.69, 9.17) is 4.74 Å².